The third-order valence-corrected chi connectivity index (χ3v) is 4.64. The highest BCUT2D eigenvalue weighted by Gasteiger charge is 2.40. The molecule has 0 aliphatic carbocycles. The van der Waals surface area contributed by atoms with E-state index >= 15 is 0 Å². The molecule has 1 fully saturated rings. The Morgan fingerprint density at radius 2 is 1.92 bits per heavy atom. The largest absolute Gasteiger partial charge is 0.460 e. The molecule has 2 aromatic carbocycles. The highest BCUT2D eigenvalue weighted by molar-refractivity contribution is 5.75. The van der Waals surface area contributed by atoms with Crippen LogP contribution in [0.5, 0.6) is 11.5 Å². The van der Waals surface area contributed by atoms with Gasteiger partial charge in [0.05, 0.1) is 25.2 Å². The maximum absolute atomic E-state index is 12.2. The number of fused-ring (bicyclic) bond motifs is 1. The van der Waals surface area contributed by atoms with Gasteiger partial charge in [-0.15, -0.1) is 0 Å². The smallest absolute Gasteiger partial charge is 0.312 e. The van der Waals surface area contributed by atoms with E-state index in [-0.39, 0.29) is 12.9 Å². The van der Waals surface area contributed by atoms with Crippen molar-refractivity contribution < 1.29 is 28.8 Å². The summed E-state index contributed by atoms with van der Waals surface area (Å²) in [6, 6.07) is 15.0. The summed E-state index contributed by atoms with van der Waals surface area (Å²) in [5.74, 6) is 0.210. The lowest BCUT2D eigenvalue weighted by molar-refractivity contribution is -0.148. The second-order valence-corrected chi connectivity index (χ2v) is 6.46. The monoisotopic (exact) mass is 356 g/mol. The van der Waals surface area contributed by atoms with Crippen LogP contribution in [-0.2, 0) is 20.9 Å². The third-order valence-electron chi connectivity index (χ3n) is 4.64. The van der Waals surface area contributed by atoms with Crippen molar-refractivity contribution in [1.29, 1.82) is 0 Å². The van der Waals surface area contributed by atoms with E-state index in [0.29, 0.717) is 36.7 Å². The van der Waals surface area contributed by atoms with Crippen molar-refractivity contribution in [3.8, 4) is 11.5 Å². The number of cyclic esters (lactones) is 1. The summed E-state index contributed by atoms with van der Waals surface area (Å²) in [5, 5.41) is 10.6. The Bertz CT molecular complexity index is 775. The van der Waals surface area contributed by atoms with Crippen LogP contribution in [0.15, 0.2) is 48.5 Å². The van der Waals surface area contributed by atoms with Crippen LogP contribution in [0.3, 0.4) is 0 Å². The number of carbonyl (C=O) groups excluding carboxylic acids is 1. The third kappa shape index (κ3) is 3.52. The van der Waals surface area contributed by atoms with Crippen molar-refractivity contribution in [2.45, 2.75) is 25.2 Å². The lowest BCUT2D eigenvalue weighted by Gasteiger charge is -2.15. The van der Waals surface area contributed by atoms with E-state index in [4.69, 9.17) is 18.9 Å². The van der Waals surface area contributed by atoms with Crippen LogP contribution >= 0.6 is 0 Å². The molecule has 2 aromatic rings. The van der Waals surface area contributed by atoms with Crippen LogP contribution in [0.2, 0.25) is 0 Å². The summed E-state index contributed by atoms with van der Waals surface area (Å²) in [5.41, 5.74) is 1.68. The Labute approximate surface area is 151 Å². The van der Waals surface area contributed by atoms with Gasteiger partial charge in [0.25, 0.3) is 0 Å². The first-order valence-electron chi connectivity index (χ1n) is 8.60. The zero-order valence-corrected chi connectivity index (χ0v) is 14.2. The zero-order chi connectivity index (χ0) is 17.9. The Morgan fingerprint density at radius 3 is 2.77 bits per heavy atom. The molecule has 6 nitrogen and oxygen atoms in total. The van der Waals surface area contributed by atoms with Crippen LogP contribution < -0.4 is 9.47 Å². The lowest BCUT2D eigenvalue weighted by Crippen LogP contribution is -2.17. The first-order chi connectivity index (χ1) is 12.7. The number of benzene rings is 2. The molecule has 136 valence electrons. The van der Waals surface area contributed by atoms with E-state index in [9.17, 15) is 9.90 Å². The van der Waals surface area contributed by atoms with E-state index in [1.807, 2.05) is 30.3 Å². The van der Waals surface area contributed by atoms with Gasteiger partial charge >= 0.3 is 5.97 Å². The fourth-order valence-corrected chi connectivity index (χ4v) is 3.25. The van der Waals surface area contributed by atoms with Crippen LogP contribution in [-0.4, -0.2) is 30.6 Å². The molecule has 0 aromatic heterocycles. The minimum atomic E-state index is -0.948. The van der Waals surface area contributed by atoms with Crippen LogP contribution in [0, 0.1) is 5.92 Å². The molecular weight excluding hydrogens is 336 g/mol. The Morgan fingerprint density at radius 1 is 1.12 bits per heavy atom. The molecule has 6 heteroatoms. The predicted octanol–water partition coefficient (Wildman–Crippen LogP) is 2.60. The number of aliphatic hydroxyl groups is 1. The summed E-state index contributed by atoms with van der Waals surface area (Å²) in [7, 11) is 0. The first kappa shape index (κ1) is 16.9. The Balaban J connectivity index is 1.34. The second-order valence-electron chi connectivity index (χ2n) is 6.46. The minimum absolute atomic E-state index is 0.168. The van der Waals surface area contributed by atoms with Gasteiger partial charge in [-0.3, -0.25) is 4.79 Å². The van der Waals surface area contributed by atoms with Crippen LogP contribution in [0.4, 0.5) is 0 Å². The molecule has 1 saturated heterocycles. The summed E-state index contributed by atoms with van der Waals surface area (Å²) in [6.07, 6.45) is -0.876. The van der Waals surface area contributed by atoms with Gasteiger partial charge in [0, 0.05) is 6.42 Å². The quantitative estimate of drug-likeness (QED) is 0.802. The van der Waals surface area contributed by atoms with E-state index in [0.717, 1.165) is 5.56 Å². The van der Waals surface area contributed by atoms with Gasteiger partial charge in [0.1, 0.15) is 6.10 Å². The number of ether oxygens (including phenoxy) is 4. The number of hydrogen-bond donors (Lipinski definition) is 1. The van der Waals surface area contributed by atoms with Crippen molar-refractivity contribution >= 4 is 5.97 Å². The molecular formula is C20H20O6. The number of aliphatic hydroxyl groups excluding tert-OH is 1. The second kappa shape index (κ2) is 7.35. The molecule has 26 heavy (non-hydrogen) atoms. The van der Waals surface area contributed by atoms with Gasteiger partial charge in [-0.2, -0.15) is 0 Å². The number of hydrogen-bond acceptors (Lipinski definition) is 6. The molecule has 2 heterocycles. The van der Waals surface area contributed by atoms with Gasteiger partial charge < -0.3 is 24.1 Å². The molecule has 0 spiro atoms. The maximum atomic E-state index is 12.2. The molecule has 2 aliphatic rings. The summed E-state index contributed by atoms with van der Waals surface area (Å²) in [4.78, 5) is 12.2. The average Bonchev–Trinajstić information content (AvgIpc) is 3.27. The highest BCUT2D eigenvalue weighted by atomic mass is 16.7. The maximum Gasteiger partial charge on any atom is 0.312 e. The van der Waals surface area contributed by atoms with Crippen molar-refractivity contribution in [2.75, 3.05) is 13.4 Å². The minimum Gasteiger partial charge on any atom is -0.460 e. The summed E-state index contributed by atoms with van der Waals surface area (Å²) >= 11 is 0. The molecule has 3 atom stereocenters. The van der Waals surface area contributed by atoms with Gasteiger partial charge in [0.2, 0.25) is 6.79 Å². The summed E-state index contributed by atoms with van der Waals surface area (Å²) in [6.45, 7) is 0.941. The van der Waals surface area contributed by atoms with Crippen molar-refractivity contribution in [2.24, 2.45) is 5.92 Å². The van der Waals surface area contributed by atoms with E-state index in [1.54, 1.807) is 18.2 Å². The highest BCUT2D eigenvalue weighted by Crippen LogP contribution is 2.38. The van der Waals surface area contributed by atoms with Crippen LogP contribution in [0.1, 0.15) is 23.7 Å². The zero-order valence-electron chi connectivity index (χ0n) is 14.2. The fourth-order valence-electron chi connectivity index (χ4n) is 3.25. The Hall–Kier alpha value is -2.57. The van der Waals surface area contributed by atoms with Crippen molar-refractivity contribution in [1.82, 2.24) is 0 Å². The standard InChI is InChI=1S/C20H20O6/c21-19(14-6-7-17-18(8-14)25-12-24-17)16-9-15(26-20(16)22)11-23-10-13-4-2-1-3-5-13/h1-8,15-16,19,21H,9-12H2/t15-,16?,19?/m0/s1. The first-order valence-corrected chi connectivity index (χ1v) is 8.60. The SMILES string of the molecule is O=C1O[C@H](COCc2ccccc2)CC1C(O)c1ccc2c(c1)OCO2. The van der Waals surface area contributed by atoms with Gasteiger partial charge in [0.15, 0.2) is 11.5 Å². The normalized spacial score (nSPS) is 22.3. The van der Waals surface area contributed by atoms with E-state index < -0.39 is 18.0 Å². The van der Waals surface area contributed by atoms with Gasteiger partial charge in [-0.1, -0.05) is 36.4 Å². The lowest BCUT2D eigenvalue weighted by atomic mass is 9.93. The molecule has 0 amide bonds. The topological polar surface area (TPSA) is 74.2 Å². The van der Waals surface area contributed by atoms with Gasteiger partial charge in [-0.25, -0.2) is 0 Å². The summed E-state index contributed by atoms with van der Waals surface area (Å²) < 4.78 is 21.6. The Kier molecular flexibility index (Phi) is 4.77. The molecule has 2 unspecified atom stereocenters. The molecule has 0 bridgehead atoms. The van der Waals surface area contributed by atoms with E-state index in [1.165, 1.54) is 0 Å². The molecule has 0 radical (unpaired) electrons. The number of carbonyl (C=O) groups is 1. The van der Waals surface area contributed by atoms with Gasteiger partial charge in [-0.05, 0) is 23.3 Å². The van der Waals surface area contributed by atoms with E-state index in [2.05, 4.69) is 0 Å². The average molecular weight is 356 g/mol. The van der Waals surface area contributed by atoms with Crippen LogP contribution in [0.25, 0.3) is 0 Å². The fraction of sp³-hybridized carbons (Fsp3) is 0.350. The molecule has 2 aliphatic heterocycles. The molecule has 0 saturated carbocycles. The number of rotatable bonds is 6. The number of esters is 1. The van der Waals surface area contributed by atoms with Crippen molar-refractivity contribution in [3.05, 3.63) is 59.7 Å². The molecule has 4 rings (SSSR count). The molecule has 1 N–H and O–H groups in total. The predicted molar refractivity (Wildman–Crippen MR) is 91.6 cm³/mol. The van der Waals surface area contributed by atoms with Crippen molar-refractivity contribution in [3.63, 3.8) is 0 Å².